The molecule has 1 atom stereocenters. The molecule has 0 bridgehead atoms. The average Bonchev–Trinajstić information content (AvgIpc) is 3.13. The molecule has 3 heterocycles. The number of carbonyl (C=O) groups excluding carboxylic acids is 3. The molecule has 4 rings (SSSR count). The summed E-state index contributed by atoms with van der Waals surface area (Å²) in [4.78, 5) is 46.5. The lowest BCUT2D eigenvalue weighted by molar-refractivity contribution is -0.133. The van der Waals surface area contributed by atoms with Crippen molar-refractivity contribution in [1.29, 1.82) is 0 Å². The van der Waals surface area contributed by atoms with Crippen LogP contribution in [0.1, 0.15) is 37.8 Å². The number of benzene rings is 1. The van der Waals surface area contributed by atoms with Gasteiger partial charge >= 0.3 is 6.03 Å². The standard InChI is InChI=1S/C24H31Cl2N5O3/c1-4-31-19-14-30(12-9-20(32)29-10-7-16(8-11-29)28(2)3)23(33)21(19)22(27-24(31)34)17-6-5-15(25)13-18(17)26/h5-6,13,16,22H,4,7-12,14H2,1-3H3,(H,27,34). The number of likely N-dealkylation sites (N-methyl/N-ethyl adjacent to an activating group) is 1. The van der Waals surface area contributed by atoms with Gasteiger partial charge in [-0.25, -0.2) is 4.79 Å². The van der Waals surface area contributed by atoms with Gasteiger partial charge in [-0.15, -0.1) is 0 Å². The lowest BCUT2D eigenvalue weighted by atomic mass is 9.95. The number of nitrogens with one attached hydrogen (secondary N) is 1. The third kappa shape index (κ3) is 4.76. The first-order chi connectivity index (χ1) is 16.2. The number of hydrogen-bond donors (Lipinski definition) is 1. The van der Waals surface area contributed by atoms with Gasteiger partial charge in [0.05, 0.1) is 23.9 Å². The molecule has 0 spiro atoms. The Morgan fingerprint density at radius 2 is 1.88 bits per heavy atom. The van der Waals surface area contributed by atoms with Gasteiger partial charge in [0.25, 0.3) is 5.91 Å². The van der Waals surface area contributed by atoms with Crippen LogP contribution >= 0.6 is 23.2 Å². The van der Waals surface area contributed by atoms with Crippen LogP contribution in [-0.4, -0.2) is 90.3 Å². The van der Waals surface area contributed by atoms with Crippen LogP contribution in [0.2, 0.25) is 10.0 Å². The second-order valence-electron chi connectivity index (χ2n) is 9.21. The number of nitrogens with zero attached hydrogens (tertiary/aromatic N) is 4. The van der Waals surface area contributed by atoms with E-state index in [2.05, 4.69) is 24.3 Å². The smallest absolute Gasteiger partial charge is 0.322 e. The molecule has 8 nitrogen and oxygen atoms in total. The maximum Gasteiger partial charge on any atom is 0.322 e. The van der Waals surface area contributed by atoms with Crippen LogP contribution in [0.25, 0.3) is 0 Å². The summed E-state index contributed by atoms with van der Waals surface area (Å²) in [5.74, 6) is -0.114. The van der Waals surface area contributed by atoms with Crippen molar-refractivity contribution in [3.63, 3.8) is 0 Å². The molecule has 3 aliphatic heterocycles. The van der Waals surface area contributed by atoms with E-state index in [9.17, 15) is 14.4 Å². The fraction of sp³-hybridized carbons (Fsp3) is 0.542. The van der Waals surface area contributed by atoms with E-state index in [1.54, 1.807) is 28.0 Å². The minimum atomic E-state index is -0.659. The Bertz CT molecular complexity index is 1020. The number of rotatable bonds is 6. The Hall–Kier alpha value is -2.29. The number of likely N-dealkylation sites (tertiary alicyclic amines) is 1. The van der Waals surface area contributed by atoms with Crippen LogP contribution in [-0.2, 0) is 9.59 Å². The van der Waals surface area contributed by atoms with Gasteiger partial charge in [0, 0.05) is 48.7 Å². The summed E-state index contributed by atoms with van der Waals surface area (Å²) in [6, 6.07) is 4.60. The van der Waals surface area contributed by atoms with Crippen LogP contribution in [0.3, 0.4) is 0 Å². The molecule has 0 aromatic heterocycles. The van der Waals surface area contributed by atoms with Crippen molar-refractivity contribution in [3.05, 3.63) is 45.1 Å². The number of amides is 4. The highest BCUT2D eigenvalue weighted by atomic mass is 35.5. The normalized spacial score (nSPS) is 21.5. The van der Waals surface area contributed by atoms with Crippen molar-refractivity contribution in [2.24, 2.45) is 0 Å². The van der Waals surface area contributed by atoms with Gasteiger partial charge in [-0.3, -0.25) is 14.5 Å². The van der Waals surface area contributed by atoms with Crippen LogP contribution < -0.4 is 5.32 Å². The predicted molar refractivity (Wildman–Crippen MR) is 132 cm³/mol. The number of piperidine rings is 1. The lowest BCUT2D eigenvalue weighted by Crippen LogP contribution is -2.47. The lowest BCUT2D eigenvalue weighted by Gasteiger charge is -2.35. The number of carbonyl (C=O) groups is 3. The van der Waals surface area contributed by atoms with Crippen LogP contribution in [0, 0.1) is 0 Å². The highest BCUT2D eigenvalue weighted by Crippen LogP contribution is 2.39. The summed E-state index contributed by atoms with van der Waals surface area (Å²) in [5.41, 5.74) is 1.80. The van der Waals surface area contributed by atoms with E-state index in [-0.39, 0.29) is 24.3 Å². The molecule has 1 N–H and O–H groups in total. The Morgan fingerprint density at radius 1 is 1.18 bits per heavy atom. The zero-order valence-electron chi connectivity index (χ0n) is 19.8. The SMILES string of the molecule is CCN1C(=O)NC(c2ccc(Cl)cc2Cl)C2=C1CN(CCC(=O)N1CCC(N(C)C)CC1)C2=O. The average molecular weight is 508 g/mol. The van der Waals surface area contributed by atoms with E-state index >= 15 is 0 Å². The summed E-state index contributed by atoms with van der Waals surface area (Å²) in [6.45, 7) is 4.39. The highest BCUT2D eigenvalue weighted by molar-refractivity contribution is 6.35. The molecular formula is C24H31Cl2N5O3. The minimum Gasteiger partial charge on any atom is -0.343 e. The summed E-state index contributed by atoms with van der Waals surface area (Å²) in [7, 11) is 4.14. The molecule has 1 saturated heterocycles. The molecule has 184 valence electrons. The molecule has 0 radical (unpaired) electrons. The molecule has 1 fully saturated rings. The maximum absolute atomic E-state index is 13.5. The molecule has 1 aromatic carbocycles. The zero-order chi connectivity index (χ0) is 24.6. The Morgan fingerprint density at radius 3 is 2.50 bits per heavy atom. The van der Waals surface area contributed by atoms with Crippen molar-refractivity contribution < 1.29 is 14.4 Å². The predicted octanol–water partition coefficient (Wildman–Crippen LogP) is 3.12. The monoisotopic (exact) mass is 507 g/mol. The topological polar surface area (TPSA) is 76.2 Å². The molecule has 4 amide bonds. The molecule has 10 heteroatoms. The van der Waals surface area contributed by atoms with E-state index in [4.69, 9.17) is 23.2 Å². The fourth-order valence-electron chi connectivity index (χ4n) is 5.05. The van der Waals surface area contributed by atoms with Crippen molar-refractivity contribution in [2.45, 2.75) is 38.3 Å². The third-order valence-electron chi connectivity index (χ3n) is 7.03. The van der Waals surface area contributed by atoms with Crippen molar-refractivity contribution in [1.82, 2.24) is 24.9 Å². The molecule has 34 heavy (non-hydrogen) atoms. The van der Waals surface area contributed by atoms with Crippen LogP contribution in [0.4, 0.5) is 4.79 Å². The quantitative estimate of drug-likeness (QED) is 0.641. The van der Waals surface area contributed by atoms with Gasteiger partial charge in [-0.2, -0.15) is 0 Å². The highest BCUT2D eigenvalue weighted by Gasteiger charge is 2.44. The second kappa shape index (κ2) is 10.1. The van der Waals surface area contributed by atoms with E-state index in [0.717, 1.165) is 25.9 Å². The molecular weight excluding hydrogens is 477 g/mol. The third-order valence-corrected chi connectivity index (χ3v) is 7.59. The number of halogens is 2. The number of hydrogen-bond acceptors (Lipinski definition) is 4. The van der Waals surface area contributed by atoms with Crippen LogP contribution in [0.5, 0.6) is 0 Å². The molecule has 1 unspecified atom stereocenters. The van der Waals surface area contributed by atoms with Gasteiger partial charge in [-0.05, 0) is 51.6 Å². The first-order valence-corrected chi connectivity index (χ1v) is 12.5. The summed E-state index contributed by atoms with van der Waals surface area (Å²) in [5, 5.41) is 3.79. The largest absolute Gasteiger partial charge is 0.343 e. The summed E-state index contributed by atoms with van der Waals surface area (Å²) in [6.07, 6.45) is 2.18. The maximum atomic E-state index is 13.5. The number of urea groups is 1. The van der Waals surface area contributed by atoms with Crippen LogP contribution in [0.15, 0.2) is 29.5 Å². The summed E-state index contributed by atoms with van der Waals surface area (Å²) >= 11 is 12.5. The first-order valence-electron chi connectivity index (χ1n) is 11.7. The van der Waals surface area contributed by atoms with Gasteiger partial charge in [0.1, 0.15) is 0 Å². The second-order valence-corrected chi connectivity index (χ2v) is 10.0. The van der Waals surface area contributed by atoms with Gasteiger partial charge in [0.15, 0.2) is 0 Å². The van der Waals surface area contributed by atoms with Gasteiger partial charge in [0.2, 0.25) is 5.91 Å². The molecule has 1 aromatic rings. The molecule has 0 saturated carbocycles. The Labute approximate surface area is 210 Å². The Kier molecular flexibility index (Phi) is 7.40. The zero-order valence-corrected chi connectivity index (χ0v) is 21.3. The van der Waals surface area contributed by atoms with E-state index in [1.165, 1.54) is 0 Å². The summed E-state index contributed by atoms with van der Waals surface area (Å²) < 4.78 is 0. The fourth-order valence-corrected chi connectivity index (χ4v) is 5.57. The Balaban J connectivity index is 1.47. The van der Waals surface area contributed by atoms with E-state index in [1.807, 2.05) is 11.8 Å². The van der Waals surface area contributed by atoms with Gasteiger partial charge < -0.3 is 20.0 Å². The molecule has 3 aliphatic rings. The van der Waals surface area contributed by atoms with Crippen molar-refractivity contribution >= 4 is 41.0 Å². The van der Waals surface area contributed by atoms with E-state index in [0.29, 0.717) is 52.6 Å². The minimum absolute atomic E-state index is 0.0636. The van der Waals surface area contributed by atoms with Crippen molar-refractivity contribution in [2.75, 3.05) is 46.8 Å². The first kappa shape index (κ1) is 24.8. The molecule has 0 aliphatic carbocycles. The van der Waals surface area contributed by atoms with Gasteiger partial charge in [-0.1, -0.05) is 29.3 Å². The van der Waals surface area contributed by atoms with Crippen molar-refractivity contribution in [3.8, 4) is 0 Å². The van der Waals surface area contributed by atoms with E-state index < -0.39 is 6.04 Å².